The highest BCUT2D eigenvalue weighted by molar-refractivity contribution is 6.25. The van der Waals surface area contributed by atoms with Crippen LogP contribution in [0.1, 0.15) is 81.2 Å². The molecular weight excluding hydrogens is 795 g/mol. The molecule has 0 amide bonds. The maximum Gasteiger partial charge on any atom is 0.156 e. The van der Waals surface area contributed by atoms with Crippen molar-refractivity contribution < 1.29 is 8.83 Å². The monoisotopic (exact) mass is 841 g/mol. The van der Waals surface area contributed by atoms with Crippen LogP contribution < -0.4 is 10.2 Å². The van der Waals surface area contributed by atoms with E-state index >= 15 is 0 Å². The summed E-state index contributed by atoms with van der Waals surface area (Å²) in [6.45, 7) is 13.5. The molecule has 12 rings (SSSR count). The van der Waals surface area contributed by atoms with Crippen LogP contribution in [0.2, 0.25) is 0 Å². The standard InChI is InChI=1S/C60H47N3O2/c1-34(2)36-11-17-43(18-12-36)62-44-19-13-38-28-52-56(30-40(38)25-44)64-58-42(33-61)29-51-50-27-39-16-22-46(26-41(39)31-55(50)65-59(51)57(52)58)63(45-20-14-37(15-21-45)35(3)4)47-23-24-54-49(32-47)48-9-7-8-10-53(48)60(54,5)6/h7-32,34-35,62H,1-6H3. The molecule has 0 unspecified atom stereocenters. The van der Waals surface area contributed by atoms with E-state index in [1.165, 1.54) is 33.4 Å². The van der Waals surface area contributed by atoms with Crippen molar-refractivity contribution in [2.75, 3.05) is 10.2 Å². The Labute approximate surface area is 378 Å². The number of benzene rings is 9. The van der Waals surface area contributed by atoms with Crippen LogP contribution in [0.4, 0.5) is 28.4 Å². The highest BCUT2D eigenvalue weighted by Crippen LogP contribution is 2.51. The van der Waals surface area contributed by atoms with Crippen molar-refractivity contribution in [2.45, 2.75) is 58.8 Å². The van der Waals surface area contributed by atoms with Gasteiger partial charge >= 0.3 is 0 Å². The fraction of sp³-hybridized carbons (Fsp3) is 0.150. The normalized spacial score (nSPS) is 13.2. The molecule has 1 aliphatic carbocycles. The fourth-order valence-corrected chi connectivity index (χ4v) is 10.4. The van der Waals surface area contributed by atoms with Crippen LogP contribution in [-0.2, 0) is 5.41 Å². The molecule has 5 heteroatoms. The van der Waals surface area contributed by atoms with E-state index < -0.39 is 0 Å². The summed E-state index contributed by atoms with van der Waals surface area (Å²) in [7, 11) is 0. The lowest BCUT2D eigenvalue weighted by atomic mass is 9.82. The lowest BCUT2D eigenvalue weighted by Crippen LogP contribution is -2.15. The number of rotatable bonds is 7. The predicted octanol–water partition coefficient (Wildman–Crippen LogP) is 17.4. The number of nitriles is 1. The number of hydrogen-bond donors (Lipinski definition) is 1. The quantitative estimate of drug-likeness (QED) is 0.173. The Morgan fingerprint density at radius 1 is 0.508 bits per heavy atom. The lowest BCUT2D eigenvalue weighted by Gasteiger charge is -2.27. The van der Waals surface area contributed by atoms with Gasteiger partial charge in [0.25, 0.3) is 0 Å². The summed E-state index contributed by atoms with van der Waals surface area (Å²) in [5, 5.41) is 21.9. The smallest absolute Gasteiger partial charge is 0.156 e. The summed E-state index contributed by atoms with van der Waals surface area (Å²) < 4.78 is 13.4. The van der Waals surface area contributed by atoms with Crippen LogP contribution >= 0.6 is 0 Å². The molecular formula is C60H47N3O2. The first-order valence-corrected chi connectivity index (χ1v) is 22.7. The van der Waals surface area contributed by atoms with Gasteiger partial charge in [-0.2, -0.15) is 5.26 Å². The Bertz CT molecular complexity index is 3780. The zero-order valence-electron chi connectivity index (χ0n) is 37.4. The second kappa shape index (κ2) is 14.4. The fourth-order valence-electron chi connectivity index (χ4n) is 10.4. The molecule has 5 nitrogen and oxygen atoms in total. The van der Waals surface area contributed by atoms with Crippen LogP contribution in [0.15, 0.2) is 167 Å². The minimum atomic E-state index is -0.0754. The van der Waals surface area contributed by atoms with E-state index in [1.807, 2.05) is 6.07 Å². The van der Waals surface area contributed by atoms with Gasteiger partial charge in [-0.25, -0.2) is 0 Å². The first kappa shape index (κ1) is 38.8. The Morgan fingerprint density at radius 3 is 1.83 bits per heavy atom. The molecule has 0 fully saturated rings. The third-order valence-corrected chi connectivity index (χ3v) is 14.0. The highest BCUT2D eigenvalue weighted by atomic mass is 16.3. The molecule has 0 spiro atoms. The van der Waals surface area contributed by atoms with E-state index in [1.54, 1.807) is 0 Å². The summed E-state index contributed by atoms with van der Waals surface area (Å²) in [5.41, 5.74) is 16.3. The van der Waals surface area contributed by atoms with Gasteiger partial charge in [0.15, 0.2) is 5.58 Å². The van der Waals surface area contributed by atoms with Crippen LogP contribution in [0.25, 0.3) is 76.5 Å². The van der Waals surface area contributed by atoms with Crippen molar-refractivity contribution in [3.63, 3.8) is 0 Å². The van der Waals surface area contributed by atoms with Gasteiger partial charge in [0.05, 0.1) is 10.9 Å². The van der Waals surface area contributed by atoms with Crippen molar-refractivity contribution in [1.82, 2.24) is 0 Å². The van der Waals surface area contributed by atoms with Crippen molar-refractivity contribution in [3.8, 4) is 17.2 Å². The van der Waals surface area contributed by atoms with E-state index in [9.17, 15) is 5.26 Å². The van der Waals surface area contributed by atoms with Crippen molar-refractivity contribution in [2.24, 2.45) is 0 Å². The second-order valence-corrected chi connectivity index (χ2v) is 19.0. The van der Waals surface area contributed by atoms with Gasteiger partial charge in [0.1, 0.15) is 22.8 Å². The SMILES string of the molecule is CC(C)c1ccc(Nc2ccc3cc4c(cc3c2)oc2c(C#N)cc3c5cc6ccc(N(c7ccc(C(C)C)cc7)c7ccc8c(c7)-c7ccccc7C8(C)C)cc6cc5oc3c24)cc1. The first-order chi connectivity index (χ1) is 31.5. The molecule has 2 heterocycles. The number of furan rings is 2. The topological polar surface area (TPSA) is 65.3 Å². The third-order valence-electron chi connectivity index (χ3n) is 14.0. The number of anilines is 5. The maximum absolute atomic E-state index is 10.5. The molecule has 0 aliphatic heterocycles. The van der Waals surface area contributed by atoms with Gasteiger partial charge in [-0.1, -0.05) is 108 Å². The van der Waals surface area contributed by atoms with Crippen LogP contribution in [0, 0.1) is 11.3 Å². The molecule has 0 saturated carbocycles. The van der Waals surface area contributed by atoms with Crippen LogP contribution in [-0.4, -0.2) is 0 Å². The predicted molar refractivity (Wildman–Crippen MR) is 271 cm³/mol. The Kier molecular flexibility index (Phi) is 8.58. The largest absolute Gasteiger partial charge is 0.455 e. The molecule has 0 radical (unpaired) electrons. The van der Waals surface area contributed by atoms with Gasteiger partial charge in [-0.3, -0.25) is 0 Å². The molecule has 314 valence electrons. The Hall–Kier alpha value is -7.81. The van der Waals surface area contributed by atoms with Gasteiger partial charge in [-0.15, -0.1) is 0 Å². The number of nitrogens with zero attached hydrogens (tertiary/aromatic N) is 2. The Morgan fingerprint density at radius 2 is 1.09 bits per heavy atom. The molecule has 0 saturated heterocycles. The van der Waals surface area contributed by atoms with Gasteiger partial charge < -0.3 is 19.1 Å². The van der Waals surface area contributed by atoms with Crippen molar-refractivity contribution >= 4 is 93.9 Å². The molecule has 11 aromatic rings. The zero-order chi connectivity index (χ0) is 44.3. The number of fused-ring (bicyclic) bond motifs is 12. The van der Waals surface area contributed by atoms with Gasteiger partial charge in [0.2, 0.25) is 0 Å². The number of nitrogens with one attached hydrogen (secondary N) is 1. The van der Waals surface area contributed by atoms with E-state index in [2.05, 4.69) is 209 Å². The zero-order valence-corrected chi connectivity index (χ0v) is 37.4. The van der Waals surface area contributed by atoms with E-state index in [0.29, 0.717) is 28.6 Å². The molecule has 1 N–H and O–H groups in total. The molecule has 0 atom stereocenters. The summed E-state index contributed by atoms with van der Waals surface area (Å²) in [6.07, 6.45) is 0. The third kappa shape index (κ3) is 6.12. The van der Waals surface area contributed by atoms with Crippen molar-refractivity contribution in [1.29, 1.82) is 5.26 Å². The van der Waals surface area contributed by atoms with E-state index in [4.69, 9.17) is 8.83 Å². The Balaban J connectivity index is 0.979. The van der Waals surface area contributed by atoms with Crippen LogP contribution in [0.5, 0.6) is 0 Å². The van der Waals surface area contributed by atoms with Crippen LogP contribution in [0.3, 0.4) is 0 Å². The molecule has 65 heavy (non-hydrogen) atoms. The highest BCUT2D eigenvalue weighted by Gasteiger charge is 2.35. The average molecular weight is 842 g/mol. The summed E-state index contributed by atoms with van der Waals surface area (Å²) in [6, 6.07) is 59.4. The molecule has 2 aromatic heterocycles. The first-order valence-electron chi connectivity index (χ1n) is 22.7. The van der Waals surface area contributed by atoms with Gasteiger partial charge in [-0.05, 0) is 158 Å². The number of hydrogen-bond acceptors (Lipinski definition) is 5. The van der Waals surface area contributed by atoms with E-state index in [0.717, 1.165) is 82.7 Å². The summed E-state index contributed by atoms with van der Waals surface area (Å²) >= 11 is 0. The maximum atomic E-state index is 10.5. The molecule has 0 bridgehead atoms. The minimum absolute atomic E-state index is 0.0754. The van der Waals surface area contributed by atoms with Crippen molar-refractivity contribution in [3.05, 3.63) is 186 Å². The van der Waals surface area contributed by atoms with E-state index in [-0.39, 0.29) is 5.41 Å². The molecule has 1 aliphatic rings. The minimum Gasteiger partial charge on any atom is -0.455 e. The summed E-state index contributed by atoms with van der Waals surface area (Å²) in [5.74, 6) is 0.915. The lowest BCUT2D eigenvalue weighted by molar-refractivity contribution is 0.660. The summed E-state index contributed by atoms with van der Waals surface area (Å²) in [4.78, 5) is 2.37. The second-order valence-electron chi connectivity index (χ2n) is 19.0. The average Bonchev–Trinajstić information content (AvgIpc) is 3.94. The van der Waals surface area contributed by atoms with Gasteiger partial charge in [0, 0.05) is 50.0 Å². The molecule has 9 aromatic carbocycles.